The van der Waals surface area contributed by atoms with Crippen LogP contribution in [0.4, 0.5) is 8.78 Å². The van der Waals surface area contributed by atoms with E-state index in [-0.39, 0.29) is 71.1 Å². The minimum atomic E-state index is -1.26. The highest BCUT2D eigenvalue weighted by atomic mass is 35.5. The van der Waals surface area contributed by atoms with E-state index in [4.69, 9.17) is 20.9 Å². The smallest absolute Gasteiger partial charge is 0.288 e. The van der Waals surface area contributed by atoms with Gasteiger partial charge in [-0.15, -0.1) is 0 Å². The maximum atomic E-state index is 15.0. The highest BCUT2D eigenvalue weighted by Gasteiger charge is 2.47. The van der Waals surface area contributed by atoms with Gasteiger partial charge in [-0.2, -0.15) is 4.98 Å². The number of nitrogens with zero attached hydrogens (tertiary/aromatic N) is 4. The van der Waals surface area contributed by atoms with Gasteiger partial charge in [0.05, 0.1) is 24.5 Å². The second-order valence-corrected chi connectivity index (χ2v) is 9.49. The number of nitrogens with one attached hydrogen (secondary N) is 3. The number of carbonyl (C=O) groups excluding carboxylic acids is 2. The Kier molecular flexibility index (Phi) is 7.10. The van der Waals surface area contributed by atoms with Gasteiger partial charge in [-0.1, -0.05) is 16.8 Å². The first kappa shape index (κ1) is 26.4. The highest BCUT2D eigenvalue weighted by Crippen LogP contribution is 2.35. The third kappa shape index (κ3) is 5.36. The lowest BCUT2D eigenvalue weighted by Crippen LogP contribution is -2.70. The summed E-state index contributed by atoms with van der Waals surface area (Å²) >= 11 is 6.06. The Morgan fingerprint density at radius 1 is 1.13 bits per heavy atom. The number of aromatic nitrogens is 5. The van der Waals surface area contributed by atoms with Crippen LogP contribution in [0.3, 0.4) is 0 Å². The molecule has 4 heterocycles. The number of aryl methyl sites for hydroxylation is 2. The van der Waals surface area contributed by atoms with Crippen LogP contribution in [0, 0.1) is 25.5 Å². The molecule has 1 aliphatic heterocycles. The van der Waals surface area contributed by atoms with Gasteiger partial charge in [0.2, 0.25) is 11.7 Å². The predicted molar refractivity (Wildman–Crippen MR) is 134 cm³/mol. The van der Waals surface area contributed by atoms with Crippen molar-refractivity contribution in [1.29, 1.82) is 0 Å². The van der Waals surface area contributed by atoms with Crippen molar-refractivity contribution in [3.05, 3.63) is 70.4 Å². The zero-order valence-corrected chi connectivity index (χ0v) is 21.5. The van der Waals surface area contributed by atoms with Crippen LogP contribution in [-0.2, 0) is 16.0 Å². The summed E-state index contributed by atoms with van der Waals surface area (Å²) in [6.45, 7) is 3.33. The van der Waals surface area contributed by atoms with Crippen LogP contribution >= 0.6 is 11.6 Å². The lowest BCUT2D eigenvalue weighted by Gasteiger charge is -2.40. The van der Waals surface area contributed by atoms with Gasteiger partial charge in [0.15, 0.2) is 11.4 Å². The monoisotopic (exact) mass is 557 g/mol. The molecule has 14 heteroatoms. The number of aromatic amines is 1. The summed E-state index contributed by atoms with van der Waals surface area (Å²) in [5.74, 6) is -2.08. The lowest BCUT2D eigenvalue weighted by molar-refractivity contribution is -0.146. The Balaban J connectivity index is 1.27. The number of halogens is 3. The number of ether oxygens (including phenoxy) is 1. The minimum absolute atomic E-state index is 0.00256. The molecule has 1 aromatic carbocycles. The largest absolute Gasteiger partial charge is 0.375 e. The van der Waals surface area contributed by atoms with Gasteiger partial charge >= 0.3 is 0 Å². The number of imidazole rings is 1. The molecule has 1 aliphatic rings. The topological polar surface area (TPSA) is 148 Å². The first-order valence-electron chi connectivity index (χ1n) is 11.8. The molecule has 11 nitrogen and oxygen atoms in total. The highest BCUT2D eigenvalue weighted by molar-refractivity contribution is 6.31. The number of benzene rings is 1. The zero-order valence-electron chi connectivity index (χ0n) is 20.8. The summed E-state index contributed by atoms with van der Waals surface area (Å²) in [5, 5.41) is 9.21. The Morgan fingerprint density at radius 3 is 2.54 bits per heavy atom. The summed E-state index contributed by atoms with van der Waals surface area (Å²) < 4.78 is 40.0. The van der Waals surface area contributed by atoms with E-state index in [0.29, 0.717) is 5.69 Å². The molecule has 0 saturated carbocycles. The average Bonchev–Trinajstić information content (AvgIpc) is 3.49. The number of hydrogen-bond donors (Lipinski definition) is 3. The van der Waals surface area contributed by atoms with Gasteiger partial charge in [0.25, 0.3) is 11.8 Å². The average molecular weight is 558 g/mol. The molecule has 3 aromatic heterocycles. The maximum absolute atomic E-state index is 15.0. The maximum Gasteiger partial charge on any atom is 0.288 e. The van der Waals surface area contributed by atoms with E-state index >= 15 is 4.39 Å². The molecule has 202 valence electrons. The fourth-order valence-electron chi connectivity index (χ4n) is 4.06. The first-order valence-corrected chi connectivity index (χ1v) is 12.2. The van der Waals surface area contributed by atoms with Crippen molar-refractivity contribution in [3.8, 4) is 22.5 Å². The Labute approximate surface area is 225 Å². The Bertz CT molecular complexity index is 1570. The summed E-state index contributed by atoms with van der Waals surface area (Å²) in [4.78, 5) is 40.3. The van der Waals surface area contributed by atoms with Crippen LogP contribution in [0.15, 0.2) is 35.1 Å². The molecule has 0 spiro atoms. The van der Waals surface area contributed by atoms with Gasteiger partial charge in [-0.3, -0.25) is 14.6 Å². The predicted octanol–water partition coefficient (Wildman–Crippen LogP) is 2.93. The standard InChI is InChI=1S/C25H22ClF2N7O4/c1-12-8-31-22(32-12)23(36)34-25(10-38-11-25)24(37)29-4-3-19-17(27)5-14(9-30-19)16-6-15(26)7-18(28)20(16)21-33-13(2)39-35-21/h5-9H,3-4,10-11H2,1-2H3,(H,29,37)(H,31,32)(H,34,36). The van der Waals surface area contributed by atoms with Crippen LogP contribution in [0.2, 0.25) is 5.02 Å². The lowest BCUT2D eigenvalue weighted by atomic mass is 9.95. The molecule has 0 bridgehead atoms. The van der Waals surface area contributed by atoms with Crippen LogP contribution < -0.4 is 10.6 Å². The first-order chi connectivity index (χ1) is 18.6. The van der Waals surface area contributed by atoms with E-state index in [0.717, 1.165) is 6.07 Å². The van der Waals surface area contributed by atoms with Crippen molar-refractivity contribution in [2.45, 2.75) is 25.8 Å². The van der Waals surface area contributed by atoms with Crippen molar-refractivity contribution >= 4 is 23.4 Å². The van der Waals surface area contributed by atoms with Gasteiger partial charge in [-0.05, 0) is 30.7 Å². The summed E-state index contributed by atoms with van der Waals surface area (Å²) in [5.41, 5.74) is 0.00578. The van der Waals surface area contributed by atoms with E-state index in [9.17, 15) is 14.0 Å². The fraction of sp³-hybridized carbons (Fsp3) is 0.280. The molecule has 1 fully saturated rings. The summed E-state index contributed by atoms with van der Waals surface area (Å²) in [6, 6.07) is 3.75. The third-order valence-electron chi connectivity index (χ3n) is 6.08. The molecule has 2 amide bonds. The van der Waals surface area contributed by atoms with Gasteiger partial charge in [0.1, 0.15) is 11.6 Å². The molecule has 1 saturated heterocycles. The summed E-state index contributed by atoms with van der Waals surface area (Å²) in [6.07, 6.45) is 2.93. The van der Waals surface area contributed by atoms with E-state index in [2.05, 4.69) is 35.7 Å². The second-order valence-electron chi connectivity index (χ2n) is 9.05. The Morgan fingerprint density at radius 2 is 1.92 bits per heavy atom. The van der Waals surface area contributed by atoms with Crippen LogP contribution in [0.25, 0.3) is 22.5 Å². The van der Waals surface area contributed by atoms with Crippen LogP contribution in [0.1, 0.15) is 27.9 Å². The van der Waals surface area contributed by atoms with Crippen LogP contribution in [0.5, 0.6) is 0 Å². The SMILES string of the molecule is Cc1cnc(C(=O)NC2(C(=O)NCCc3ncc(-c4cc(Cl)cc(F)c4-c4noc(C)n4)cc3F)COC2)[nH]1. The Hall–Kier alpha value is -4.23. The van der Waals surface area contributed by atoms with Crippen molar-refractivity contribution in [1.82, 2.24) is 35.7 Å². The molecule has 0 radical (unpaired) electrons. The van der Waals surface area contributed by atoms with E-state index in [1.807, 2.05) is 0 Å². The molecule has 0 atom stereocenters. The van der Waals surface area contributed by atoms with Crippen molar-refractivity contribution in [2.24, 2.45) is 0 Å². The van der Waals surface area contributed by atoms with Crippen molar-refractivity contribution in [2.75, 3.05) is 19.8 Å². The number of carbonyl (C=O) groups is 2. The molecule has 0 unspecified atom stereocenters. The number of H-pyrrole nitrogens is 1. The van der Waals surface area contributed by atoms with E-state index < -0.39 is 29.0 Å². The van der Waals surface area contributed by atoms with Gasteiger partial charge in [0, 0.05) is 48.6 Å². The summed E-state index contributed by atoms with van der Waals surface area (Å²) in [7, 11) is 0. The fourth-order valence-corrected chi connectivity index (χ4v) is 4.27. The normalized spacial score (nSPS) is 14.1. The molecular weight excluding hydrogens is 536 g/mol. The quantitative estimate of drug-likeness (QED) is 0.299. The third-order valence-corrected chi connectivity index (χ3v) is 6.30. The second kappa shape index (κ2) is 10.5. The molecule has 39 heavy (non-hydrogen) atoms. The van der Waals surface area contributed by atoms with E-state index in [1.165, 1.54) is 24.5 Å². The number of amides is 2. The molecule has 4 aromatic rings. The van der Waals surface area contributed by atoms with Gasteiger partial charge in [-0.25, -0.2) is 13.8 Å². The van der Waals surface area contributed by atoms with Gasteiger partial charge < -0.3 is 24.9 Å². The number of rotatable bonds is 8. The molecule has 3 N–H and O–H groups in total. The van der Waals surface area contributed by atoms with E-state index in [1.54, 1.807) is 13.8 Å². The molecule has 0 aliphatic carbocycles. The van der Waals surface area contributed by atoms with Crippen molar-refractivity contribution < 1.29 is 27.6 Å². The number of hydrogen-bond acceptors (Lipinski definition) is 8. The number of pyridine rings is 1. The van der Waals surface area contributed by atoms with Crippen LogP contribution in [-0.4, -0.2) is 62.2 Å². The molecule has 5 rings (SSSR count). The molecular formula is C25H22ClF2N7O4. The zero-order chi connectivity index (χ0) is 27.7. The van der Waals surface area contributed by atoms with Crippen molar-refractivity contribution in [3.63, 3.8) is 0 Å². The minimum Gasteiger partial charge on any atom is -0.375 e.